The van der Waals surface area contributed by atoms with Crippen molar-refractivity contribution in [3.8, 4) is 0 Å². The molecular formula is C24H27NO2. The van der Waals surface area contributed by atoms with Gasteiger partial charge in [-0.25, -0.2) is 4.79 Å². The molecule has 140 valence electrons. The Bertz CT molecular complexity index is 895. The molecule has 0 fully saturated rings. The van der Waals surface area contributed by atoms with Crippen molar-refractivity contribution in [2.45, 2.75) is 45.1 Å². The van der Waals surface area contributed by atoms with Gasteiger partial charge >= 0.3 is 5.97 Å². The largest absolute Gasteiger partial charge is 0.465 e. The lowest BCUT2D eigenvalue weighted by Gasteiger charge is -2.38. The molecule has 2 aliphatic rings. The van der Waals surface area contributed by atoms with Gasteiger partial charge in [0, 0.05) is 11.6 Å². The number of carbonyl (C=O) groups is 1. The summed E-state index contributed by atoms with van der Waals surface area (Å²) in [5.74, 6) is 1.15. The van der Waals surface area contributed by atoms with Gasteiger partial charge in [0.05, 0.1) is 18.7 Å². The third-order valence-electron chi connectivity index (χ3n) is 6.16. The van der Waals surface area contributed by atoms with E-state index in [1.54, 1.807) is 0 Å². The summed E-state index contributed by atoms with van der Waals surface area (Å²) in [5, 5.41) is 3.77. The number of fused-ring (bicyclic) bond motifs is 3. The SMILES string of the molecule is COC(=O)c1ccc2c(c1C)N[C@H](c1ccc(C(C)C)cc1)[C@H]1CC=C[C@H]21. The second-order valence-corrected chi connectivity index (χ2v) is 7.99. The first-order valence-corrected chi connectivity index (χ1v) is 9.76. The third-order valence-corrected chi connectivity index (χ3v) is 6.16. The van der Waals surface area contributed by atoms with Crippen LogP contribution < -0.4 is 5.32 Å². The number of methoxy groups -OCH3 is 1. The van der Waals surface area contributed by atoms with E-state index in [1.165, 1.54) is 23.8 Å². The Morgan fingerprint density at radius 2 is 1.89 bits per heavy atom. The zero-order valence-electron chi connectivity index (χ0n) is 16.5. The van der Waals surface area contributed by atoms with Crippen LogP contribution in [0.2, 0.25) is 0 Å². The van der Waals surface area contributed by atoms with Crippen LogP contribution in [0.25, 0.3) is 0 Å². The lowest BCUT2D eigenvalue weighted by Crippen LogP contribution is -2.30. The van der Waals surface area contributed by atoms with E-state index in [9.17, 15) is 4.79 Å². The topological polar surface area (TPSA) is 38.3 Å². The van der Waals surface area contributed by atoms with Gasteiger partial charge in [-0.1, -0.05) is 56.3 Å². The van der Waals surface area contributed by atoms with Gasteiger partial charge in [-0.15, -0.1) is 0 Å². The Kier molecular flexibility index (Phi) is 4.55. The highest BCUT2D eigenvalue weighted by molar-refractivity contribution is 5.93. The van der Waals surface area contributed by atoms with Crippen LogP contribution in [0, 0.1) is 12.8 Å². The number of hydrogen-bond donors (Lipinski definition) is 1. The molecular weight excluding hydrogens is 334 g/mol. The fourth-order valence-corrected chi connectivity index (χ4v) is 4.56. The molecule has 0 saturated heterocycles. The first-order chi connectivity index (χ1) is 13.0. The summed E-state index contributed by atoms with van der Waals surface area (Å²) in [5.41, 5.74) is 6.66. The second kappa shape index (κ2) is 6.88. The van der Waals surface area contributed by atoms with Gasteiger partial charge in [-0.2, -0.15) is 0 Å². The van der Waals surface area contributed by atoms with Crippen molar-refractivity contribution in [2.24, 2.45) is 5.92 Å². The zero-order valence-corrected chi connectivity index (χ0v) is 16.5. The van der Waals surface area contributed by atoms with Crippen LogP contribution in [0.1, 0.15) is 70.8 Å². The average molecular weight is 361 g/mol. The smallest absolute Gasteiger partial charge is 0.338 e. The number of allylic oxidation sites excluding steroid dienone is 2. The van der Waals surface area contributed by atoms with Gasteiger partial charge in [0.25, 0.3) is 0 Å². The number of esters is 1. The quantitative estimate of drug-likeness (QED) is 0.560. The highest BCUT2D eigenvalue weighted by Gasteiger charge is 2.39. The molecule has 0 unspecified atom stereocenters. The molecule has 3 heteroatoms. The number of hydrogen-bond acceptors (Lipinski definition) is 3. The average Bonchev–Trinajstić information content (AvgIpc) is 3.17. The minimum Gasteiger partial charge on any atom is -0.465 e. The summed E-state index contributed by atoms with van der Waals surface area (Å²) in [7, 11) is 1.43. The Labute approximate surface area is 161 Å². The molecule has 1 aliphatic heterocycles. The number of rotatable bonds is 3. The lowest BCUT2D eigenvalue weighted by atomic mass is 9.75. The van der Waals surface area contributed by atoms with Crippen molar-refractivity contribution in [1.29, 1.82) is 0 Å². The molecule has 0 saturated carbocycles. The Morgan fingerprint density at radius 3 is 2.56 bits per heavy atom. The molecule has 3 nitrogen and oxygen atoms in total. The van der Waals surface area contributed by atoms with Crippen LogP contribution in [0.15, 0.2) is 48.6 Å². The summed E-state index contributed by atoms with van der Waals surface area (Å²) in [4.78, 5) is 12.1. The monoisotopic (exact) mass is 361 g/mol. The molecule has 2 aromatic rings. The van der Waals surface area contributed by atoms with E-state index < -0.39 is 0 Å². The van der Waals surface area contributed by atoms with Gasteiger partial charge in [-0.3, -0.25) is 0 Å². The number of nitrogens with one attached hydrogen (secondary N) is 1. The summed E-state index contributed by atoms with van der Waals surface area (Å²) in [6, 6.07) is 13.2. The van der Waals surface area contributed by atoms with Crippen molar-refractivity contribution < 1.29 is 9.53 Å². The lowest BCUT2D eigenvalue weighted by molar-refractivity contribution is 0.0600. The van der Waals surface area contributed by atoms with E-state index >= 15 is 0 Å². The van der Waals surface area contributed by atoms with Gasteiger partial charge in [0.2, 0.25) is 0 Å². The molecule has 0 bridgehead atoms. The highest BCUT2D eigenvalue weighted by atomic mass is 16.5. The molecule has 1 aliphatic carbocycles. The van der Waals surface area contributed by atoms with E-state index in [0.717, 1.165) is 17.7 Å². The first-order valence-electron chi connectivity index (χ1n) is 9.76. The Hall–Kier alpha value is -2.55. The first kappa shape index (κ1) is 17.8. The van der Waals surface area contributed by atoms with Crippen LogP contribution in [0.4, 0.5) is 5.69 Å². The summed E-state index contributed by atoms with van der Waals surface area (Å²) >= 11 is 0. The molecule has 0 amide bonds. The molecule has 1 heterocycles. The third kappa shape index (κ3) is 2.95. The summed E-state index contributed by atoms with van der Waals surface area (Å²) < 4.78 is 4.96. The molecule has 2 aromatic carbocycles. The number of anilines is 1. The van der Waals surface area contributed by atoms with Gasteiger partial charge in [0.15, 0.2) is 0 Å². The Balaban J connectivity index is 1.76. The van der Waals surface area contributed by atoms with Gasteiger partial charge in [0.1, 0.15) is 0 Å². The minimum atomic E-state index is -0.279. The summed E-state index contributed by atoms with van der Waals surface area (Å²) in [6.07, 6.45) is 5.70. The molecule has 0 aromatic heterocycles. The van der Waals surface area contributed by atoms with E-state index in [2.05, 4.69) is 61.6 Å². The normalized spacial score (nSPS) is 22.9. The maximum absolute atomic E-state index is 12.1. The Morgan fingerprint density at radius 1 is 1.15 bits per heavy atom. The molecule has 0 spiro atoms. The van der Waals surface area contributed by atoms with Crippen molar-refractivity contribution >= 4 is 11.7 Å². The molecule has 27 heavy (non-hydrogen) atoms. The number of ether oxygens (including phenoxy) is 1. The molecule has 1 N–H and O–H groups in total. The van der Waals surface area contributed by atoms with Gasteiger partial charge in [-0.05, 0) is 53.5 Å². The highest BCUT2D eigenvalue weighted by Crippen LogP contribution is 2.51. The van der Waals surface area contributed by atoms with Crippen molar-refractivity contribution in [3.63, 3.8) is 0 Å². The van der Waals surface area contributed by atoms with Crippen LogP contribution in [0.3, 0.4) is 0 Å². The van der Waals surface area contributed by atoms with E-state index in [4.69, 9.17) is 4.74 Å². The summed E-state index contributed by atoms with van der Waals surface area (Å²) in [6.45, 7) is 6.45. The minimum absolute atomic E-state index is 0.241. The van der Waals surface area contributed by atoms with E-state index in [-0.39, 0.29) is 12.0 Å². The zero-order chi connectivity index (χ0) is 19.1. The van der Waals surface area contributed by atoms with Gasteiger partial charge < -0.3 is 10.1 Å². The molecule has 0 radical (unpaired) electrons. The maximum atomic E-state index is 12.1. The van der Waals surface area contributed by atoms with E-state index in [1.807, 2.05) is 13.0 Å². The van der Waals surface area contributed by atoms with Crippen LogP contribution in [-0.4, -0.2) is 13.1 Å². The molecule has 3 atom stereocenters. The van der Waals surface area contributed by atoms with Crippen molar-refractivity contribution in [2.75, 3.05) is 12.4 Å². The second-order valence-electron chi connectivity index (χ2n) is 7.99. The number of carbonyl (C=O) groups excluding carboxylic acids is 1. The fraction of sp³-hybridized carbons (Fsp3) is 0.375. The van der Waals surface area contributed by atoms with E-state index in [0.29, 0.717) is 23.3 Å². The van der Waals surface area contributed by atoms with Crippen LogP contribution >= 0.6 is 0 Å². The van der Waals surface area contributed by atoms with Crippen LogP contribution in [0.5, 0.6) is 0 Å². The van der Waals surface area contributed by atoms with Crippen LogP contribution in [-0.2, 0) is 4.74 Å². The van der Waals surface area contributed by atoms with Crippen molar-refractivity contribution in [3.05, 3.63) is 76.4 Å². The predicted octanol–water partition coefficient (Wildman–Crippen LogP) is 5.73. The fourth-order valence-electron chi connectivity index (χ4n) is 4.56. The van der Waals surface area contributed by atoms with Crippen molar-refractivity contribution in [1.82, 2.24) is 0 Å². The maximum Gasteiger partial charge on any atom is 0.338 e. The number of benzene rings is 2. The standard InChI is InChI=1S/C24H27NO2/c1-14(2)16-8-10-17(11-9-16)23-20-7-5-6-19(20)21-13-12-18(24(26)27-4)15(3)22(21)25-23/h5-6,8-14,19-20,23,25H,7H2,1-4H3/t19-,20-,23+/m0/s1. The predicted molar refractivity (Wildman–Crippen MR) is 109 cm³/mol. The molecule has 4 rings (SSSR count).